The zero-order valence-corrected chi connectivity index (χ0v) is 30.0. The number of aromatic nitrogens is 3. The number of nitrogens with zero attached hydrogens (tertiary/aromatic N) is 3. The molecule has 0 radical (unpaired) electrons. The Kier molecular flexibility index (Phi) is 9.19. The van der Waals surface area contributed by atoms with Crippen LogP contribution in [0.1, 0.15) is 33.9 Å². The first-order valence-electron chi connectivity index (χ1n) is 18.4. The fourth-order valence-corrected chi connectivity index (χ4v) is 7.13. The summed E-state index contributed by atoms with van der Waals surface area (Å²) in [4.78, 5) is 14.7. The second-order valence-electron chi connectivity index (χ2n) is 13.5. The number of hydrogen-bond acceptors (Lipinski definition) is 5. The second kappa shape index (κ2) is 15.0. The van der Waals surface area contributed by atoms with Gasteiger partial charge >= 0.3 is 0 Å². The minimum atomic E-state index is -0.376. The smallest absolute Gasteiger partial charge is 0.164 e. The molecule has 0 bridgehead atoms. The van der Waals surface area contributed by atoms with Crippen LogP contribution in [-0.2, 0) is 0 Å². The zero-order valence-electron chi connectivity index (χ0n) is 30.0. The Bertz CT molecular complexity index is 2580. The monoisotopic (exact) mass is 707 g/mol. The minimum absolute atomic E-state index is 0.376. The molecule has 0 spiro atoms. The first-order valence-corrected chi connectivity index (χ1v) is 18.4. The molecule has 55 heavy (non-hydrogen) atoms. The van der Waals surface area contributed by atoms with Gasteiger partial charge in [-0.15, -0.1) is 0 Å². The number of nitrogens with two attached hydrogens (primary N) is 1. The van der Waals surface area contributed by atoms with Crippen molar-refractivity contribution in [3.8, 4) is 45.3 Å². The third kappa shape index (κ3) is 7.00. The Labute approximate surface area is 321 Å². The summed E-state index contributed by atoms with van der Waals surface area (Å²) in [6.45, 7) is 0. The van der Waals surface area contributed by atoms with Gasteiger partial charge in [0.1, 0.15) is 0 Å². The molecule has 1 aliphatic heterocycles. The Hall–Kier alpha value is -7.21. The first kappa shape index (κ1) is 33.6. The number of benzene rings is 7. The van der Waals surface area contributed by atoms with Crippen molar-refractivity contribution >= 4 is 23.0 Å². The van der Waals surface area contributed by atoms with Gasteiger partial charge in [0, 0.05) is 33.5 Å². The van der Waals surface area contributed by atoms with Crippen molar-refractivity contribution < 1.29 is 0 Å². The number of rotatable bonds is 8. The van der Waals surface area contributed by atoms with E-state index in [2.05, 4.69) is 115 Å². The van der Waals surface area contributed by atoms with E-state index in [0.717, 1.165) is 72.6 Å². The van der Waals surface area contributed by atoms with Crippen molar-refractivity contribution in [3.63, 3.8) is 0 Å². The summed E-state index contributed by atoms with van der Waals surface area (Å²) in [6.07, 6.45) is 2.23. The summed E-state index contributed by atoms with van der Waals surface area (Å²) in [5.74, 6) is 1.90. The molecule has 262 valence electrons. The molecule has 8 aromatic rings. The lowest BCUT2D eigenvalue weighted by molar-refractivity contribution is 0.928. The average Bonchev–Trinajstić information content (AvgIpc) is 3.27. The van der Waals surface area contributed by atoms with Crippen LogP contribution >= 0.6 is 0 Å². The van der Waals surface area contributed by atoms with Crippen molar-refractivity contribution in [2.24, 2.45) is 5.73 Å². The van der Waals surface area contributed by atoms with Gasteiger partial charge < -0.3 is 11.1 Å². The molecule has 7 aromatic carbocycles. The number of fused-ring (bicyclic) bond motifs is 1. The molecule has 9 rings (SSSR count). The molecule has 1 atom stereocenters. The predicted molar refractivity (Wildman–Crippen MR) is 226 cm³/mol. The highest BCUT2D eigenvalue weighted by Crippen LogP contribution is 2.41. The van der Waals surface area contributed by atoms with Gasteiger partial charge in [-0.1, -0.05) is 188 Å². The highest BCUT2D eigenvalue weighted by Gasteiger charge is 2.25. The van der Waals surface area contributed by atoms with Crippen LogP contribution in [-0.4, -0.2) is 15.0 Å². The van der Waals surface area contributed by atoms with Crippen molar-refractivity contribution in [1.29, 1.82) is 0 Å². The third-order valence-corrected chi connectivity index (χ3v) is 9.97. The normalized spacial score (nSPS) is 13.6. The number of nitrogens with one attached hydrogen (secondary N) is 1. The van der Waals surface area contributed by atoms with Gasteiger partial charge in [-0.3, -0.25) is 0 Å². The maximum atomic E-state index is 7.23. The molecule has 5 nitrogen and oxygen atoms in total. The Morgan fingerprint density at radius 3 is 1.42 bits per heavy atom. The summed E-state index contributed by atoms with van der Waals surface area (Å²) in [5, 5.41) is 3.86. The van der Waals surface area contributed by atoms with E-state index >= 15 is 0 Å². The van der Waals surface area contributed by atoms with Crippen LogP contribution in [0.4, 0.5) is 0 Å². The van der Waals surface area contributed by atoms with Gasteiger partial charge in [-0.2, -0.15) is 0 Å². The summed E-state index contributed by atoms with van der Waals surface area (Å²) >= 11 is 0. The lowest BCUT2D eigenvalue weighted by atomic mass is 9.85. The molecule has 1 aliphatic rings. The SMILES string of the molecule is NC(/C(=C1\NC(c2ccccc2)=Cc2ccc(-c3ccc(-c4nc(-c5ccccc5)nc(-c5ccccc5)n4)cc3)cc21)c1ccccc1)c1ccccc1. The largest absolute Gasteiger partial charge is 0.354 e. The van der Waals surface area contributed by atoms with Crippen molar-refractivity contribution in [2.75, 3.05) is 0 Å². The van der Waals surface area contributed by atoms with E-state index < -0.39 is 0 Å². The van der Waals surface area contributed by atoms with Gasteiger partial charge in [0.15, 0.2) is 17.5 Å². The highest BCUT2D eigenvalue weighted by atomic mass is 15.0. The Morgan fingerprint density at radius 2 is 0.873 bits per heavy atom. The molecule has 1 aromatic heterocycles. The first-order chi connectivity index (χ1) is 27.2. The van der Waals surface area contributed by atoms with Crippen molar-refractivity contribution in [2.45, 2.75) is 6.04 Å². The molecular formula is C50H37N5. The summed E-state index contributed by atoms with van der Waals surface area (Å²) < 4.78 is 0. The van der Waals surface area contributed by atoms with Crippen LogP contribution in [0.5, 0.6) is 0 Å². The summed E-state index contributed by atoms with van der Waals surface area (Å²) in [6, 6.07) is 66.1. The molecule has 0 amide bonds. The average molecular weight is 708 g/mol. The molecule has 0 saturated carbocycles. The van der Waals surface area contributed by atoms with E-state index in [4.69, 9.17) is 20.7 Å². The molecule has 0 fully saturated rings. The van der Waals surface area contributed by atoms with E-state index in [1.165, 1.54) is 0 Å². The van der Waals surface area contributed by atoms with E-state index in [9.17, 15) is 0 Å². The van der Waals surface area contributed by atoms with E-state index in [0.29, 0.717) is 17.5 Å². The predicted octanol–water partition coefficient (Wildman–Crippen LogP) is 11.2. The molecule has 0 saturated heterocycles. The van der Waals surface area contributed by atoms with Crippen molar-refractivity contribution in [3.05, 3.63) is 222 Å². The van der Waals surface area contributed by atoms with Crippen LogP contribution in [0.3, 0.4) is 0 Å². The summed E-state index contributed by atoms with van der Waals surface area (Å²) in [5.41, 5.74) is 20.7. The molecule has 1 unspecified atom stereocenters. The fourth-order valence-electron chi connectivity index (χ4n) is 7.13. The molecular weight excluding hydrogens is 671 g/mol. The van der Waals surface area contributed by atoms with Crippen LogP contribution in [0.25, 0.3) is 68.3 Å². The maximum Gasteiger partial charge on any atom is 0.164 e. The van der Waals surface area contributed by atoms with Crippen LogP contribution < -0.4 is 11.1 Å². The number of hydrogen-bond donors (Lipinski definition) is 2. The minimum Gasteiger partial charge on any atom is -0.354 e. The molecule has 3 N–H and O–H groups in total. The summed E-state index contributed by atoms with van der Waals surface area (Å²) in [7, 11) is 0. The molecule has 0 aliphatic carbocycles. The topological polar surface area (TPSA) is 76.7 Å². The van der Waals surface area contributed by atoms with Crippen LogP contribution in [0, 0.1) is 0 Å². The standard InChI is InChI=1S/C50H37N5/c51-46(37-20-10-3-11-21-37)45(36-18-8-2-9-19-36)47-43-32-41(30-31-42(43)33-44(52-47)35-16-6-1-7-17-35)34-26-28-40(29-27-34)50-54-48(38-22-12-4-13-23-38)53-49(55-50)39-24-14-5-15-25-39/h1-33,46,52H,51H2/b47-45-. The van der Waals surface area contributed by atoms with Crippen LogP contribution in [0.2, 0.25) is 0 Å². The van der Waals surface area contributed by atoms with Gasteiger partial charge in [0.05, 0.1) is 11.7 Å². The molecule has 5 heteroatoms. The quantitative estimate of drug-likeness (QED) is 0.164. The van der Waals surface area contributed by atoms with E-state index in [1.807, 2.05) is 91.0 Å². The maximum absolute atomic E-state index is 7.23. The third-order valence-electron chi connectivity index (χ3n) is 9.97. The highest BCUT2D eigenvalue weighted by molar-refractivity contribution is 6.03. The fraction of sp³-hybridized carbons (Fsp3) is 0.0200. The Balaban J connectivity index is 1.16. The van der Waals surface area contributed by atoms with Gasteiger partial charge in [-0.25, -0.2) is 15.0 Å². The van der Waals surface area contributed by atoms with E-state index in [-0.39, 0.29) is 6.04 Å². The van der Waals surface area contributed by atoms with Gasteiger partial charge in [0.2, 0.25) is 0 Å². The lowest BCUT2D eigenvalue weighted by Gasteiger charge is -2.29. The van der Waals surface area contributed by atoms with Gasteiger partial charge in [0.25, 0.3) is 0 Å². The van der Waals surface area contributed by atoms with Crippen LogP contribution in [0.15, 0.2) is 194 Å². The van der Waals surface area contributed by atoms with Gasteiger partial charge in [-0.05, 0) is 45.5 Å². The second-order valence-corrected chi connectivity index (χ2v) is 13.5. The van der Waals surface area contributed by atoms with Crippen molar-refractivity contribution in [1.82, 2.24) is 20.3 Å². The lowest BCUT2D eigenvalue weighted by Crippen LogP contribution is -2.22. The Morgan fingerprint density at radius 1 is 0.436 bits per heavy atom. The zero-order chi connectivity index (χ0) is 37.0. The van der Waals surface area contributed by atoms with E-state index in [1.54, 1.807) is 0 Å². The molecule has 2 heterocycles.